The number of hydrogen-bond acceptors (Lipinski definition) is 15. The standard InChI is InChI=1S/C90H176O17P2/c1-7-10-12-14-16-18-20-22-24-26-27-28-32-36-39-43-47-54-60-66-72-87(92)100-78-85(106-89(94)75-69-63-57-49-45-41-37-33-30-29-31-34-38-42-46-52-58-64-70-82(4)5)80-104-108(96,97)102-76-84(91)77-103-109(98,99)105-81-86(79-101-88(93)73-67-61-55-51-50-53-59-65-71-83(6)9-3)107-90(95)74-68-62-56-48-44-40-35-25-23-21-19-17-15-13-11-8-2/h82-86,91H,7-81H2,1-6H3,(H,96,97)(H,98,99)/t83?,84-,85-,86-/m1/s1. The van der Waals surface area contributed by atoms with Gasteiger partial charge in [-0.2, -0.15) is 0 Å². The molecule has 6 atom stereocenters. The minimum atomic E-state index is -4.97. The second-order valence-electron chi connectivity index (χ2n) is 33.1. The van der Waals surface area contributed by atoms with Gasteiger partial charge in [0.25, 0.3) is 0 Å². The van der Waals surface area contributed by atoms with E-state index in [0.29, 0.717) is 25.7 Å². The van der Waals surface area contributed by atoms with E-state index in [1.165, 1.54) is 302 Å². The molecule has 0 heterocycles. The fraction of sp³-hybridized carbons (Fsp3) is 0.956. The molecule has 0 aromatic carbocycles. The van der Waals surface area contributed by atoms with Crippen molar-refractivity contribution >= 4 is 39.5 Å². The number of carbonyl (C=O) groups is 4. The smallest absolute Gasteiger partial charge is 0.462 e. The third-order valence-electron chi connectivity index (χ3n) is 21.6. The Morgan fingerprint density at radius 3 is 0.697 bits per heavy atom. The van der Waals surface area contributed by atoms with Crippen LogP contribution in [0.2, 0.25) is 0 Å². The van der Waals surface area contributed by atoms with Crippen LogP contribution in [0, 0.1) is 11.8 Å². The molecule has 17 nitrogen and oxygen atoms in total. The van der Waals surface area contributed by atoms with E-state index in [9.17, 15) is 43.2 Å². The molecule has 0 aliphatic heterocycles. The molecule has 0 amide bonds. The first-order chi connectivity index (χ1) is 52.9. The van der Waals surface area contributed by atoms with Gasteiger partial charge in [-0.3, -0.25) is 37.3 Å². The van der Waals surface area contributed by atoms with Crippen molar-refractivity contribution in [2.75, 3.05) is 39.6 Å². The Morgan fingerprint density at radius 1 is 0.266 bits per heavy atom. The molecule has 0 fully saturated rings. The van der Waals surface area contributed by atoms with E-state index in [0.717, 1.165) is 102 Å². The first-order valence-corrected chi connectivity index (χ1v) is 49.5. The maximum atomic E-state index is 13.2. The van der Waals surface area contributed by atoms with Gasteiger partial charge < -0.3 is 33.8 Å². The summed E-state index contributed by atoms with van der Waals surface area (Å²) in [6.45, 7) is 9.74. The van der Waals surface area contributed by atoms with Gasteiger partial charge in [0.05, 0.1) is 26.4 Å². The molecular weight excluding hydrogens is 1410 g/mol. The molecule has 3 N–H and O–H groups in total. The van der Waals surface area contributed by atoms with Crippen LogP contribution in [0.5, 0.6) is 0 Å². The molecule has 0 saturated carbocycles. The normalized spacial score (nSPS) is 14.0. The molecule has 0 aliphatic carbocycles. The minimum absolute atomic E-state index is 0.108. The Morgan fingerprint density at radius 2 is 0.468 bits per heavy atom. The Bertz CT molecular complexity index is 2080. The molecule has 0 aliphatic rings. The summed E-state index contributed by atoms with van der Waals surface area (Å²) in [5.74, 6) is -0.499. The van der Waals surface area contributed by atoms with E-state index in [2.05, 4.69) is 41.5 Å². The summed E-state index contributed by atoms with van der Waals surface area (Å²) in [6.07, 6.45) is 75.0. The molecule has 3 unspecified atom stereocenters. The summed E-state index contributed by atoms with van der Waals surface area (Å²) in [5.41, 5.74) is 0. The topological polar surface area (TPSA) is 237 Å². The number of unbranched alkanes of at least 4 members (excludes halogenated alkanes) is 58. The van der Waals surface area contributed by atoms with E-state index in [1.807, 2.05) is 0 Å². The summed E-state index contributed by atoms with van der Waals surface area (Å²) in [4.78, 5) is 73.4. The third-order valence-corrected chi connectivity index (χ3v) is 23.5. The van der Waals surface area contributed by atoms with Crippen LogP contribution in [-0.2, 0) is 65.4 Å². The van der Waals surface area contributed by atoms with Crippen LogP contribution in [0.3, 0.4) is 0 Å². The average Bonchev–Trinajstić information content (AvgIpc) is 0.899. The van der Waals surface area contributed by atoms with Crippen molar-refractivity contribution in [1.29, 1.82) is 0 Å². The number of aliphatic hydroxyl groups excluding tert-OH is 1. The van der Waals surface area contributed by atoms with Crippen molar-refractivity contribution in [3.05, 3.63) is 0 Å². The molecule has 0 bridgehead atoms. The molecule has 109 heavy (non-hydrogen) atoms. The van der Waals surface area contributed by atoms with Crippen molar-refractivity contribution in [3.8, 4) is 0 Å². The monoisotopic (exact) mass is 1590 g/mol. The number of hydrogen-bond donors (Lipinski definition) is 3. The zero-order valence-electron chi connectivity index (χ0n) is 71.9. The molecule has 19 heteroatoms. The number of phosphoric ester groups is 2. The predicted octanol–water partition coefficient (Wildman–Crippen LogP) is 27.8. The fourth-order valence-corrected chi connectivity index (χ4v) is 15.7. The number of esters is 4. The van der Waals surface area contributed by atoms with Crippen LogP contribution in [0.25, 0.3) is 0 Å². The highest BCUT2D eigenvalue weighted by atomic mass is 31.2. The molecular formula is C90H176O17P2. The first kappa shape index (κ1) is 107. The van der Waals surface area contributed by atoms with Crippen molar-refractivity contribution in [1.82, 2.24) is 0 Å². The second-order valence-corrected chi connectivity index (χ2v) is 36.0. The van der Waals surface area contributed by atoms with Gasteiger partial charge in [0, 0.05) is 25.7 Å². The lowest BCUT2D eigenvalue weighted by Gasteiger charge is -2.21. The second kappa shape index (κ2) is 81.2. The number of rotatable bonds is 89. The number of ether oxygens (including phenoxy) is 4. The van der Waals surface area contributed by atoms with Gasteiger partial charge in [-0.25, -0.2) is 9.13 Å². The number of carbonyl (C=O) groups excluding carboxylic acids is 4. The van der Waals surface area contributed by atoms with Gasteiger partial charge in [-0.1, -0.05) is 433 Å². The summed E-state index contributed by atoms with van der Waals surface area (Å²) in [7, 11) is -9.93. The maximum absolute atomic E-state index is 13.2. The van der Waals surface area contributed by atoms with E-state index < -0.39 is 97.5 Å². The van der Waals surface area contributed by atoms with E-state index in [-0.39, 0.29) is 25.7 Å². The minimum Gasteiger partial charge on any atom is -0.462 e. The summed E-state index contributed by atoms with van der Waals surface area (Å²) in [6, 6.07) is 0. The molecule has 0 spiro atoms. The van der Waals surface area contributed by atoms with Crippen molar-refractivity contribution in [3.63, 3.8) is 0 Å². The molecule has 0 radical (unpaired) electrons. The van der Waals surface area contributed by atoms with Crippen LogP contribution in [0.4, 0.5) is 0 Å². The molecule has 0 aromatic heterocycles. The van der Waals surface area contributed by atoms with Crippen molar-refractivity contribution in [2.24, 2.45) is 11.8 Å². The quantitative estimate of drug-likeness (QED) is 0.0222. The molecule has 0 rings (SSSR count). The predicted molar refractivity (Wildman–Crippen MR) is 451 cm³/mol. The summed E-state index contributed by atoms with van der Waals surface area (Å²) < 4.78 is 69.1. The summed E-state index contributed by atoms with van der Waals surface area (Å²) >= 11 is 0. The van der Waals surface area contributed by atoms with Crippen LogP contribution in [0.15, 0.2) is 0 Å². The van der Waals surface area contributed by atoms with Crippen LogP contribution >= 0.6 is 15.6 Å². The number of phosphoric acid groups is 2. The van der Waals surface area contributed by atoms with Gasteiger partial charge in [0.1, 0.15) is 19.3 Å². The Balaban J connectivity index is 5.25. The van der Waals surface area contributed by atoms with Gasteiger partial charge in [0.2, 0.25) is 0 Å². The fourth-order valence-electron chi connectivity index (χ4n) is 14.1. The zero-order chi connectivity index (χ0) is 79.9. The molecule has 0 saturated heterocycles. The lowest BCUT2D eigenvalue weighted by atomic mass is 9.99. The van der Waals surface area contributed by atoms with E-state index >= 15 is 0 Å². The molecule has 0 aromatic rings. The van der Waals surface area contributed by atoms with Crippen LogP contribution in [0.1, 0.15) is 485 Å². The van der Waals surface area contributed by atoms with E-state index in [1.54, 1.807) is 0 Å². The lowest BCUT2D eigenvalue weighted by Crippen LogP contribution is -2.30. The van der Waals surface area contributed by atoms with Crippen LogP contribution in [-0.4, -0.2) is 96.7 Å². The lowest BCUT2D eigenvalue weighted by molar-refractivity contribution is -0.161. The third kappa shape index (κ3) is 82.4. The zero-order valence-corrected chi connectivity index (χ0v) is 73.7. The highest BCUT2D eigenvalue weighted by molar-refractivity contribution is 7.47. The highest BCUT2D eigenvalue weighted by Gasteiger charge is 2.31. The highest BCUT2D eigenvalue weighted by Crippen LogP contribution is 2.45. The Labute approximate surface area is 670 Å². The Kier molecular flexibility index (Phi) is 79.8. The average molecular weight is 1590 g/mol. The van der Waals surface area contributed by atoms with Crippen molar-refractivity contribution < 1.29 is 80.2 Å². The van der Waals surface area contributed by atoms with E-state index in [4.69, 9.17) is 37.0 Å². The van der Waals surface area contributed by atoms with Gasteiger partial charge in [-0.05, 0) is 37.5 Å². The van der Waals surface area contributed by atoms with Gasteiger partial charge >= 0.3 is 39.5 Å². The SMILES string of the molecule is CCCCCCCCCCCCCCCCCCCCCCC(=O)OC[C@H](COP(=O)(O)OC[C@@H](O)COP(=O)(O)OC[C@@H](COC(=O)CCCCCCCCCCC(C)CC)OC(=O)CCCCCCCCCCCCCCCCCC)OC(=O)CCCCCCCCCCCCCCCCCCCCC(C)C. The first-order valence-electron chi connectivity index (χ1n) is 46.5. The Hall–Kier alpha value is -1.94. The van der Waals surface area contributed by atoms with Gasteiger partial charge in [-0.15, -0.1) is 0 Å². The van der Waals surface area contributed by atoms with Crippen LogP contribution < -0.4 is 0 Å². The maximum Gasteiger partial charge on any atom is 0.472 e. The van der Waals surface area contributed by atoms with Gasteiger partial charge in [0.15, 0.2) is 12.2 Å². The molecule has 648 valence electrons. The van der Waals surface area contributed by atoms with Crippen molar-refractivity contribution in [2.45, 2.75) is 503 Å². The number of aliphatic hydroxyl groups is 1. The summed E-state index contributed by atoms with van der Waals surface area (Å²) in [5, 5.41) is 10.7. The largest absolute Gasteiger partial charge is 0.472 e.